The molecule has 1 aromatic heterocycles. The van der Waals surface area contributed by atoms with Gasteiger partial charge < -0.3 is 0 Å². The van der Waals surface area contributed by atoms with E-state index in [1.54, 1.807) is 0 Å². The van der Waals surface area contributed by atoms with Gasteiger partial charge in [0.25, 0.3) is 0 Å². The van der Waals surface area contributed by atoms with Crippen LogP contribution < -0.4 is 0 Å². The largest absolute Gasteiger partial charge is 0.268 e. The van der Waals surface area contributed by atoms with Gasteiger partial charge in [-0.25, -0.2) is 0 Å². The number of rotatable bonds is 3. The predicted octanol–water partition coefficient (Wildman–Crippen LogP) is 4.20. The Morgan fingerprint density at radius 1 is 1.24 bits per heavy atom. The minimum absolute atomic E-state index is 0.910. The second-order valence-corrected chi connectivity index (χ2v) is 4.89. The molecule has 0 aliphatic heterocycles. The van der Waals surface area contributed by atoms with Gasteiger partial charge >= 0.3 is 0 Å². The molecule has 0 spiro atoms. The van der Waals surface area contributed by atoms with Gasteiger partial charge in [0, 0.05) is 12.1 Å². The molecule has 2 nitrogen and oxygen atoms in total. The Hall–Kier alpha value is -1.09. The van der Waals surface area contributed by atoms with Crippen LogP contribution in [0.15, 0.2) is 28.7 Å². The lowest BCUT2D eigenvalue weighted by Crippen LogP contribution is -2.01. The Balaban J connectivity index is 2.61. The van der Waals surface area contributed by atoms with Crippen molar-refractivity contribution in [2.45, 2.75) is 33.7 Å². The van der Waals surface area contributed by atoms with Gasteiger partial charge in [-0.1, -0.05) is 31.2 Å². The Kier molecular flexibility index (Phi) is 3.67. The Labute approximate surface area is 111 Å². The van der Waals surface area contributed by atoms with Gasteiger partial charge in [0.1, 0.15) is 5.69 Å². The van der Waals surface area contributed by atoms with Gasteiger partial charge in [0.05, 0.1) is 10.2 Å². The first-order valence-electron chi connectivity index (χ1n) is 6.00. The maximum absolute atomic E-state index is 4.70. The number of halogens is 1. The molecule has 2 rings (SSSR count). The lowest BCUT2D eigenvalue weighted by atomic mass is 10.1. The summed E-state index contributed by atoms with van der Waals surface area (Å²) in [6.07, 6.45) is 0.993. The third kappa shape index (κ3) is 2.16. The predicted molar refractivity (Wildman–Crippen MR) is 75.2 cm³/mol. The van der Waals surface area contributed by atoms with E-state index < -0.39 is 0 Å². The van der Waals surface area contributed by atoms with Crippen molar-refractivity contribution in [3.05, 3.63) is 40.0 Å². The molecule has 2 aromatic rings. The van der Waals surface area contributed by atoms with E-state index in [4.69, 9.17) is 5.10 Å². The van der Waals surface area contributed by atoms with Crippen LogP contribution in [-0.4, -0.2) is 9.78 Å². The molecule has 90 valence electrons. The maximum atomic E-state index is 4.70. The van der Waals surface area contributed by atoms with Crippen molar-refractivity contribution in [1.29, 1.82) is 0 Å². The second-order valence-electron chi connectivity index (χ2n) is 4.09. The van der Waals surface area contributed by atoms with E-state index in [2.05, 4.69) is 65.6 Å². The fourth-order valence-electron chi connectivity index (χ4n) is 2.08. The van der Waals surface area contributed by atoms with Gasteiger partial charge in [-0.3, -0.25) is 4.68 Å². The van der Waals surface area contributed by atoms with Crippen LogP contribution in [0, 0.1) is 6.92 Å². The molecule has 0 saturated carbocycles. The highest BCUT2D eigenvalue weighted by molar-refractivity contribution is 9.10. The summed E-state index contributed by atoms with van der Waals surface area (Å²) in [5.74, 6) is 0. The average molecular weight is 293 g/mol. The molecule has 0 bridgehead atoms. The summed E-state index contributed by atoms with van der Waals surface area (Å²) in [4.78, 5) is 0. The van der Waals surface area contributed by atoms with Gasteiger partial charge in [0.15, 0.2) is 0 Å². The first-order valence-corrected chi connectivity index (χ1v) is 6.79. The van der Waals surface area contributed by atoms with Crippen molar-refractivity contribution in [2.24, 2.45) is 0 Å². The molecule has 3 heteroatoms. The summed E-state index contributed by atoms with van der Waals surface area (Å²) in [7, 11) is 0. The fraction of sp³-hybridized carbons (Fsp3) is 0.357. The van der Waals surface area contributed by atoms with Crippen LogP contribution in [0.2, 0.25) is 0 Å². The monoisotopic (exact) mass is 292 g/mol. The first kappa shape index (κ1) is 12.4. The molecule has 0 fully saturated rings. The van der Waals surface area contributed by atoms with Crippen molar-refractivity contribution in [2.75, 3.05) is 0 Å². The maximum Gasteiger partial charge on any atom is 0.107 e. The Morgan fingerprint density at radius 2 is 1.94 bits per heavy atom. The van der Waals surface area contributed by atoms with Crippen LogP contribution in [0.1, 0.15) is 25.1 Å². The SMILES string of the molecule is CCc1c(Br)c(-c2ccccc2C)nn1CC. The summed E-state index contributed by atoms with van der Waals surface area (Å²) < 4.78 is 3.21. The van der Waals surface area contributed by atoms with Crippen LogP contribution in [0.3, 0.4) is 0 Å². The minimum Gasteiger partial charge on any atom is -0.268 e. The molecule has 1 heterocycles. The molecule has 0 aliphatic rings. The van der Waals surface area contributed by atoms with Crippen molar-refractivity contribution in [3.63, 3.8) is 0 Å². The molecule has 0 N–H and O–H groups in total. The summed E-state index contributed by atoms with van der Waals surface area (Å²) in [6.45, 7) is 7.32. The number of aromatic nitrogens is 2. The Morgan fingerprint density at radius 3 is 2.47 bits per heavy atom. The summed E-state index contributed by atoms with van der Waals surface area (Å²) in [5, 5.41) is 4.70. The van der Waals surface area contributed by atoms with E-state index in [9.17, 15) is 0 Å². The molecule has 0 radical (unpaired) electrons. The first-order chi connectivity index (χ1) is 8.19. The van der Waals surface area contributed by atoms with Gasteiger partial charge in [-0.05, 0) is 41.8 Å². The van der Waals surface area contributed by atoms with Gasteiger partial charge in [-0.15, -0.1) is 0 Å². The van der Waals surface area contributed by atoms with Crippen molar-refractivity contribution >= 4 is 15.9 Å². The van der Waals surface area contributed by atoms with E-state index in [1.165, 1.54) is 16.8 Å². The van der Waals surface area contributed by atoms with Crippen molar-refractivity contribution in [3.8, 4) is 11.3 Å². The lowest BCUT2D eigenvalue weighted by Gasteiger charge is -2.02. The Bertz CT molecular complexity index is 529. The zero-order valence-electron chi connectivity index (χ0n) is 10.5. The van der Waals surface area contributed by atoms with E-state index in [0.29, 0.717) is 0 Å². The smallest absolute Gasteiger partial charge is 0.107 e. The van der Waals surface area contributed by atoms with E-state index >= 15 is 0 Å². The molecule has 0 unspecified atom stereocenters. The van der Waals surface area contributed by atoms with Gasteiger partial charge in [-0.2, -0.15) is 5.10 Å². The number of aryl methyl sites for hydroxylation is 2. The topological polar surface area (TPSA) is 17.8 Å². The van der Waals surface area contributed by atoms with E-state index in [1.807, 2.05) is 0 Å². The summed E-state index contributed by atoms with van der Waals surface area (Å²) in [6, 6.07) is 8.37. The zero-order valence-corrected chi connectivity index (χ0v) is 12.1. The third-order valence-corrected chi connectivity index (χ3v) is 3.86. The highest BCUT2D eigenvalue weighted by Gasteiger charge is 2.15. The minimum atomic E-state index is 0.910. The zero-order chi connectivity index (χ0) is 12.4. The molecule has 0 saturated heterocycles. The number of benzene rings is 1. The summed E-state index contributed by atoms with van der Waals surface area (Å²) >= 11 is 3.69. The van der Waals surface area contributed by atoms with Crippen LogP contribution >= 0.6 is 15.9 Å². The third-order valence-electron chi connectivity index (χ3n) is 3.03. The molecule has 0 aliphatic carbocycles. The highest BCUT2D eigenvalue weighted by Crippen LogP contribution is 2.32. The van der Waals surface area contributed by atoms with E-state index in [0.717, 1.165) is 23.1 Å². The van der Waals surface area contributed by atoms with E-state index in [-0.39, 0.29) is 0 Å². The normalized spacial score (nSPS) is 10.8. The second kappa shape index (κ2) is 5.05. The van der Waals surface area contributed by atoms with Gasteiger partial charge in [0.2, 0.25) is 0 Å². The number of hydrogen-bond donors (Lipinski definition) is 0. The quantitative estimate of drug-likeness (QED) is 0.829. The fourth-order valence-corrected chi connectivity index (χ4v) is 2.86. The van der Waals surface area contributed by atoms with Crippen molar-refractivity contribution in [1.82, 2.24) is 9.78 Å². The molecular weight excluding hydrogens is 276 g/mol. The molecule has 0 atom stereocenters. The van der Waals surface area contributed by atoms with Crippen LogP contribution in [0.25, 0.3) is 11.3 Å². The molecular formula is C14H17BrN2. The van der Waals surface area contributed by atoms with Crippen molar-refractivity contribution < 1.29 is 0 Å². The standard InChI is InChI=1S/C14H17BrN2/c1-4-12-13(15)14(16-17(12)5-2)11-9-7-6-8-10(11)3/h6-9H,4-5H2,1-3H3. The lowest BCUT2D eigenvalue weighted by molar-refractivity contribution is 0.627. The van der Waals surface area contributed by atoms with Crippen LogP contribution in [0.5, 0.6) is 0 Å². The average Bonchev–Trinajstić information content (AvgIpc) is 2.66. The van der Waals surface area contributed by atoms with Crippen LogP contribution in [-0.2, 0) is 13.0 Å². The number of nitrogens with zero attached hydrogens (tertiary/aromatic N) is 2. The summed E-state index contributed by atoms with van der Waals surface area (Å²) in [5.41, 5.74) is 4.80. The molecule has 1 aromatic carbocycles. The molecule has 0 amide bonds. The van der Waals surface area contributed by atoms with Crippen LogP contribution in [0.4, 0.5) is 0 Å². The molecule has 17 heavy (non-hydrogen) atoms. The highest BCUT2D eigenvalue weighted by atomic mass is 79.9. The number of hydrogen-bond acceptors (Lipinski definition) is 1.